The van der Waals surface area contributed by atoms with Gasteiger partial charge >= 0.3 is 13.7 Å². The molecule has 6 atom stereocenters. The van der Waals surface area contributed by atoms with E-state index in [1.54, 1.807) is 24.3 Å². The van der Waals surface area contributed by atoms with Gasteiger partial charge in [0.05, 0.1) is 13.2 Å². The van der Waals surface area contributed by atoms with Crippen LogP contribution in [0, 0.1) is 4.77 Å². The van der Waals surface area contributed by atoms with Crippen molar-refractivity contribution in [2.24, 2.45) is 0 Å². The number of rotatable bonds is 12. The summed E-state index contributed by atoms with van der Waals surface area (Å²) >= 11 is 5.19. The second-order valence-electron chi connectivity index (χ2n) is 9.95. The van der Waals surface area contributed by atoms with Crippen LogP contribution in [-0.4, -0.2) is 62.8 Å². The Balaban J connectivity index is 1.57. The molecule has 0 bridgehead atoms. The van der Waals surface area contributed by atoms with Crippen LogP contribution in [0.4, 0.5) is 0 Å². The molecule has 4 N–H and O–H groups in total. The Labute approximate surface area is 241 Å². The number of aliphatic hydroxyl groups is 2. The van der Waals surface area contributed by atoms with Gasteiger partial charge in [-0.3, -0.25) is 23.7 Å². The van der Waals surface area contributed by atoms with E-state index in [0.29, 0.717) is 11.8 Å². The van der Waals surface area contributed by atoms with Crippen molar-refractivity contribution in [3.05, 3.63) is 69.9 Å². The first-order valence-electron chi connectivity index (χ1n) is 13.2. The summed E-state index contributed by atoms with van der Waals surface area (Å²) in [4.78, 5) is 26.6. The average molecular weight is 608 g/mol. The Morgan fingerprint density at radius 3 is 2.73 bits per heavy atom. The Morgan fingerprint density at radius 1 is 1.27 bits per heavy atom. The minimum absolute atomic E-state index is 0.0291. The molecule has 1 fully saturated rings. The molecule has 3 aromatic rings. The Kier molecular flexibility index (Phi) is 9.81. The molecule has 12 nitrogen and oxygen atoms in total. The van der Waals surface area contributed by atoms with Gasteiger partial charge in [0.2, 0.25) is 0 Å². The van der Waals surface area contributed by atoms with Gasteiger partial charge in [-0.05, 0) is 43.9 Å². The van der Waals surface area contributed by atoms with Crippen molar-refractivity contribution >= 4 is 36.7 Å². The third-order valence-corrected chi connectivity index (χ3v) is 8.63. The highest BCUT2D eigenvalue weighted by Gasteiger charge is 2.54. The highest BCUT2D eigenvalue weighted by atomic mass is 32.1. The fourth-order valence-electron chi connectivity index (χ4n) is 4.39. The van der Waals surface area contributed by atoms with Gasteiger partial charge in [0, 0.05) is 17.6 Å². The van der Waals surface area contributed by atoms with Gasteiger partial charge in [0.25, 0.3) is 5.56 Å². The van der Waals surface area contributed by atoms with Crippen molar-refractivity contribution in [1.82, 2.24) is 14.6 Å². The van der Waals surface area contributed by atoms with E-state index in [1.807, 2.05) is 25.1 Å². The van der Waals surface area contributed by atoms with Crippen LogP contribution in [0.5, 0.6) is 5.75 Å². The number of benzene rings is 2. The zero-order valence-corrected chi connectivity index (χ0v) is 24.6. The number of carbonyl (C=O) groups excluding carboxylic acids is 1. The number of aliphatic hydroxyl groups excluding tert-OH is 1. The first-order valence-corrected chi connectivity index (χ1v) is 15.1. The largest absolute Gasteiger partial charge is 0.465 e. The number of nitrogens with zero attached hydrogens (tertiary/aromatic N) is 1. The molecule has 2 heterocycles. The lowest BCUT2D eigenvalue weighted by Gasteiger charge is -2.28. The van der Waals surface area contributed by atoms with Crippen molar-refractivity contribution in [2.45, 2.75) is 63.7 Å². The molecule has 0 saturated carbocycles. The van der Waals surface area contributed by atoms with Crippen LogP contribution in [0.2, 0.25) is 0 Å². The minimum Gasteiger partial charge on any atom is -0.465 e. The fourth-order valence-corrected chi connectivity index (χ4v) is 6.17. The quantitative estimate of drug-likeness (QED) is 0.103. The van der Waals surface area contributed by atoms with Crippen molar-refractivity contribution in [2.75, 3.05) is 13.2 Å². The van der Waals surface area contributed by atoms with E-state index >= 15 is 0 Å². The van der Waals surface area contributed by atoms with E-state index in [1.165, 1.54) is 30.7 Å². The van der Waals surface area contributed by atoms with Gasteiger partial charge in [-0.2, -0.15) is 5.09 Å². The first kappa shape index (κ1) is 31.0. The molecule has 0 aliphatic carbocycles. The standard InChI is InChI=1S/C27H34N3O9PS/c1-4-5-15-36-24(33)17(2)29-40(35,39-20-12-8-10-18-9-6-7-11-19(18)20)37-16-21-23(32)27(3,34)25(38-21)30-14-13-22(31)28-26(30)41/h6-14,17,21,23,25,32,34H,4-5,15-16H2,1-3H3,(H,29,35)(H,28,31,41)/t17-,21+,23-,25+,27?,40+/m0/s1. The fraction of sp³-hybridized carbons (Fsp3) is 0.444. The summed E-state index contributed by atoms with van der Waals surface area (Å²) < 4.78 is 38.1. The number of H-pyrrole nitrogens is 1. The topological polar surface area (TPSA) is 161 Å². The third kappa shape index (κ3) is 7.12. The summed E-state index contributed by atoms with van der Waals surface area (Å²) in [5, 5.41) is 26.1. The lowest BCUT2D eigenvalue weighted by Crippen LogP contribution is -2.45. The third-order valence-electron chi connectivity index (χ3n) is 6.68. The molecular weight excluding hydrogens is 573 g/mol. The maximum atomic E-state index is 14.1. The lowest BCUT2D eigenvalue weighted by molar-refractivity contribution is -0.145. The molecule has 0 amide bonds. The van der Waals surface area contributed by atoms with Crippen LogP contribution in [0.1, 0.15) is 39.8 Å². The molecule has 1 aliphatic rings. The SMILES string of the molecule is CCCCOC(=O)[C@H](C)N[P@@](=O)(OC[C@H]1O[C@@H](n2ccc(=O)[nH]c2=S)C(C)(O)[C@H]1O)Oc1cccc2ccccc12. The van der Waals surface area contributed by atoms with E-state index in [4.69, 9.17) is 30.7 Å². The first-order chi connectivity index (χ1) is 19.4. The van der Waals surface area contributed by atoms with Gasteiger partial charge < -0.3 is 24.2 Å². The van der Waals surface area contributed by atoms with E-state index in [9.17, 15) is 24.4 Å². The molecule has 0 spiro atoms. The number of fused-ring (bicyclic) bond motifs is 1. The number of aromatic nitrogens is 2. The highest BCUT2D eigenvalue weighted by Crippen LogP contribution is 2.48. The number of unbranched alkanes of at least 4 members (excludes halogenated alkanes) is 1. The Morgan fingerprint density at radius 2 is 2.00 bits per heavy atom. The number of esters is 1. The van der Waals surface area contributed by atoms with Crippen molar-refractivity contribution in [1.29, 1.82) is 0 Å². The monoisotopic (exact) mass is 607 g/mol. The van der Waals surface area contributed by atoms with Crippen LogP contribution in [0.3, 0.4) is 0 Å². The van der Waals surface area contributed by atoms with Gasteiger partial charge in [-0.1, -0.05) is 49.7 Å². The summed E-state index contributed by atoms with van der Waals surface area (Å²) in [5.41, 5.74) is -2.31. The van der Waals surface area contributed by atoms with E-state index < -0.39 is 56.0 Å². The van der Waals surface area contributed by atoms with Crippen LogP contribution in [-0.2, 0) is 23.4 Å². The van der Waals surface area contributed by atoms with Crippen LogP contribution < -0.4 is 15.2 Å². The molecule has 1 aromatic heterocycles. The normalized spacial score (nSPS) is 24.6. The molecule has 1 aliphatic heterocycles. The number of ether oxygens (including phenoxy) is 2. The van der Waals surface area contributed by atoms with Crippen LogP contribution in [0.25, 0.3) is 10.8 Å². The van der Waals surface area contributed by atoms with Gasteiger partial charge in [-0.25, -0.2) is 4.57 Å². The lowest BCUT2D eigenvalue weighted by atomic mass is 9.96. The number of hydrogen-bond acceptors (Lipinski definition) is 10. The van der Waals surface area contributed by atoms with E-state index in [0.717, 1.165) is 11.8 Å². The van der Waals surface area contributed by atoms with E-state index in [2.05, 4.69) is 10.1 Å². The Bertz CT molecular complexity index is 1540. The molecular formula is C27H34N3O9PS. The minimum atomic E-state index is -4.32. The van der Waals surface area contributed by atoms with Crippen LogP contribution in [0.15, 0.2) is 59.5 Å². The molecule has 2 aromatic carbocycles. The second kappa shape index (κ2) is 13.0. The van der Waals surface area contributed by atoms with Gasteiger partial charge in [0.15, 0.2) is 11.0 Å². The summed E-state index contributed by atoms with van der Waals surface area (Å²) in [6.07, 6.45) is -1.06. The predicted octanol–water partition coefficient (Wildman–Crippen LogP) is 3.59. The summed E-state index contributed by atoms with van der Waals surface area (Å²) in [6.45, 7) is 4.48. The number of nitrogens with one attached hydrogen (secondary N) is 2. The highest BCUT2D eigenvalue weighted by molar-refractivity contribution is 7.71. The van der Waals surface area contributed by atoms with Crippen LogP contribution >= 0.6 is 20.0 Å². The molecule has 41 heavy (non-hydrogen) atoms. The van der Waals surface area contributed by atoms with Crippen molar-refractivity contribution in [3.8, 4) is 5.75 Å². The molecule has 1 saturated heterocycles. The zero-order valence-electron chi connectivity index (χ0n) is 22.9. The molecule has 4 rings (SSSR count). The molecule has 0 radical (unpaired) electrons. The predicted molar refractivity (Wildman–Crippen MR) is 153 cm³/mol. The van der Waals surface area contributed by atoms with Gasteiger partial charge in [-0.15, -0.1) is 0 Å². The number of aromatic amines is 1. The maximum Gasteiger partial charge on any atom is 0.459 e. The van der Waals surface area contributed by atoms with Gasteiger partial charge in [0.1, 0.15) is 29.6 Å². The molecule has 222 valence electrons. The Hall–Kier alpha value is -2.90. The zero-order chi connectivity index (χ0) is 29.8. The summed E-state index contributed by atoms with van der Waals surface area (Å²) in [7, 11) is -4.32. The smallest absolute Gasteiger partial charge is 0.459 e. The summed E-state index contributed by atoms with van der Waals surface area (Å²) in [6, 6.07) is 12.6. The average Bonchev–Trinajstić information content (AvgIpc) is 3.15. The number of hydrogen-bond donors (Lipinski definition) is 4. The summed E-state index contributed by atoms with van der Waals surface area (Å²) in [5.74, 6) is -0.404. The molecule has 1 unspecified atom stereocenters. The number of carbonyl (C=O) groups is 1. The van der Waals surface area contributed by atoms with Crippen molar-refractivity contribution in [3.63, 3.8) is 0 Å². The van der Waals surface area contributed by atoms with E-state index in [-0.39, 0.29) is 17.1 Å². The maximum absolute atomic E-state index is 14.1. The second-order valence-corrected chi connectivity index (χ2v) is 12.0. The van der Waals surface area contributed by atoms with Crippen molar-refractivity contribution < 1.29 is 38.1 Å². The molecule has 14 heteroatoms.